The second-order valence-electron chi connectivity index (χ2n) is 6.29. The fourth-order valence-electron chi connectivity index (χ4n) is 3.27. The summed E-state index contributed by atoms with van der Waals surface area (Å²) in [4.78, 5) is 2.56. The first kappa shape index (κ1) is 22.5. The minimum absolute atomic E-state index is 0. The molecular weight excluding hydrogens is 365 g/mol. The molecule has 0 aliphatic carbocycles. The number of nitrogens with one attached hydrogen (secondary N) is 2. The predicted molar refractivity (Wildman–Crippen MR) is 117 cm³/mol. The van der Waals surface area contributed by atoms with Crippen LogP contribution in [0.25, 0.3) is 0 Å². The third-order valence-corrected chi connectivity index (χ3v) is 4.62. The van der Waals surface area contributed by atoms with Gasteiger partial charge in [0.15, 0.2) is 0 Å². The number of hydrogen-bond acceptors (Lipinski definition) is 3. The molecule has 3 nitrogen and oxygen atoms in total. The Hall–Kier alpha value is -1.52. The number of rotatable bonds is 7. The summed E-state index contributed by atoms with van der Waals surface area (Å²) in [5.41, 5.74) is 3.84. The predicted octanol–water partition coefficient (Wildman–Crippen LogP) is 4.66. The second kappa shape index (κ2) is 12.0. The number of halogens is 2. The highest BCUT2D eigenvalue weighted by molar-refractivity contribution is 5.85. The van der Waals surface area contributed by atoms with Crippen molar-refractivity contribution in [1.29, 1.82) is 0 Å². The first-order chi connectivity index (χ1) is 11.9. The molecule has 0 spiro atoms. The monoisotopic (exact) mass is 393 g/mol. The van der Waals surface area contributed by atoms with E-state index in [0.717, 1.165) is 39.1 Å². The van der Waals surface area contributed by atoms with E-state index in [2.05, 4.69) is 70.6 Å². The minimum atomic E-state index is 0. The summed E-state index contributed by atoms with van der Waals surface area (Å²) in [5, 5.41) is 6.92. The van der Waals surface area contributed by atoms with Crippen molar-refractivity contribution < 1.29 is 0 Å². The lowest BCUT2D eigenvalue weighted by atomic mass is 10.0. The minimum Gasteiger partial charge on any atom is -0.381 e. The van der Waals surface area contributed by atoms with E-state index >= 15 is 0 Å². The molecule has 0 saturated carbocycles. The molecule has 2 N–H and O–H groups in total. The second-order valence-corrected chi connectivity index (χ2v) is 6.29. The normalized spacial score (nSPS) is 15.2. The van der Waals surface area contributed by atoms with Crippen LogP contribution in [0.4, 0.5) is 5.69 Å². The Balaban J connectivity index is 0.00000169. The summed E-state index contributed by atoms with van der Waals surface area (Å²) in [6.07, 6.45) is 3.03. The lowest BCUT2D eigenvalue weighted by Crippen LogP contribution is -2.45. The molecule has 26 heavy (non-hydrogen) atoms. The largest absolute Gasteiger partial charge is 0.381 e. The van der Waals surface area contributed by atoms with E-state index in [1.165, 1.54) is 16.8 Å². The highest BCUT2D eigenvalue weighted by atomic mass is 35.5. The highest BCUT2D eigenvalue weighted by Crippen LogP contribution is 2.26. The lowest BCUT2D eigenvalue weighted by molar-refractivity contribution is 0.174. The average Bonchev–Trinajstić information content (AvgIpc) is 2.66. The molecule has 1 aliphatic heterocycles. The zero-order valence-corrected chi connectivity index (χ0v) is 16.7. The van der Waals surface area contributed by atoms with E-state index in [4.69, 9.17) is 0 Å². The standard InChI is InChI=1S/C21H27N3.2ClH/c1-2-6-21(24-15-13-22-14-16-24)19-9-11-20(12-10-19)23-17-18-7-4-3-5-8-18;;/h2-5,7-12,21-23H,1,6,13-17H2;2*1H/t21-;;/m0../s1. The van der Waals surface area contributed by atoms with Gasteiger partial charge in [0.1, 0.15) is 0 Å². The summed E-state index contributed by atoms with van der Waals surface area (Å²) < 4.78 is 0. The maximum Gasteiger partial charge on any atom is 0.0400 e. The Kier molecular flexibility index (Phi) is 10.4. The van der Waals surface area contributed by atoms with Crippen molar-refractivity contribution in [3.63, 3.8) is 0 Å². The van der Waals surface area contributed by atoms with Crippen molar-refractivity contribution in [2.75, 3.05) is 31.5 Å². The Morgan fingerprint density at radius 1 is 1.00 bits per heavy atom. The first-order valence-corrected chi connectivity index (χ1v) is 8.80. The molecule has 1 saturated heterocycles. The average molecular weight is 394 g/mol. The topological polar surface area (TPSA) is 27.3 Å². The Bertz CT molecular complexity index is 625. The molecule has 3 rings (SSSR count). The molecule has 0 radical (unpaired) electrons. The SMILES string of the molecule is C=CC[C@@H](c1ccc(NCc2ccccc2)cc1)N1CCNCC1.Cl.Cl. The smallest absolute Gasteiger partial charge is 0.0400 e. The van der Waals surface area contributed by atoms with Crippen molar-refractivity contribution >= 4 is 30.5 Å². The van der Waals surface area contributed by atoms with Gasteiger partial charge < -0.3 is 10.6 Å². The van der Waals surface area contributed by atoms with Crippen LogP contribution in [0.5, 0.6) is 0 Å². The summed E-state index contributed by atoms with van der Waals surface area (Å²) in [6.45, 7) is 9.16. The van der Waals surface area contributed by atoms with Gasteiger partial charge in [-0.3, -0.25) is 4.90 Å². The molecule has 2 aromatic carbocycles. The molecule has 1 heterocycles. The van der Waals surface area contributed by atoms with Gasteiger partial charge in [0.25, 0.3) is 0 Å². The highest BCUT2D eigenvalue weighted by Gasteiger charge is 2.20. The molecule has 142 valence electrons. The molecule has 1 fully saturated rings. The quantitative estimate of drug-likeness (QED) is 0.669. The lowest BCUT2D eigenvalue weighted by Gasteiger charge is -2.34. The molecule has 1 aliphatic rings. The molecule has 0 bridgehead atoms. The van der Waals surface area contributed by atoms with Gasteiger partial charge in [0.05, 0.1) is 0 Å². The van der Waals surface area contributed by atoms with Crippen molar-refractivity contribution in [2.45, 2.75) is 19.0 Å². The van der Waals surface area contributed by atoms with Crippen LogP contribution in [0.15, 0.2) is 67.3 Å². The number of nitrogens with zero attached hydrogens (tertiary/aromatic N) is 1. The molecule has 1 atom stereocenters. The van der Waals surface area contributed by atoms with E-state index in [-0.39, 0.29) is 24.8 Å². The zero-order chi connectivity index (χ0) is 16.6. The van der Waals surface area contributed by atoms with Crippen molar-refractivity contribution in [1.82, 2.24) is 10.2 Å². The Morgan fingerprint density at radius 3 is 2.27 bits per heavy atom. The van der Waals surface area contributed by atoms with E-state index in [1.807, 2.05) is 12.1 Å². The third-order valence-electron chi connectivity index (χ3n) is 4.62. The van der Waals surface area contributed by atoms with Crippen molar-refractivity contribution in [3.05, 3.63) is 78.4 Å². The van der Waals surface area contributed by atoms with E-state index < -0.39 is 0 Å². The van der Waals surface area contributed by atoms with Crippen LogP contribution in [0.1, 0.15) is 23.6 Å². The summed E-state index contributed by atoms with van der Waals surface area (Å²) in [7, 11) is 0. The van der Waals surface area contributed by atoms with Gasteiger partial charge in [-0.05, 0) is 29.7 Å². The fraction of sp³-hybridized carbons (Fsp3) is 0.333. The van der Waals surface area contributed by atoms with Gasteiger partial charge in [-0.25, -0.2) is 0 Å². The number of hydrogen-bond donors (Lipinski definition) is 2. The van der Waals surface area contributed by atoms with E-state index in [0.29, 0.717) is 6.04 Å². The van der Waals surface area contributed by atoms with Gasteiger partial charge >= 0.3 is 0 Å². The maximum absolute atomic E-state index is 3.95. The molecule has 5 heteroatoms. The van der Waals surface area contributed by atoms with Gasteiger partial charge in [-0.1, -0.05) is 48.5 Å². The number of benzene rings is 2. The van der Waals surface area contributed by atoms with Crippen molar-refractivity contribution in [2.24, 2.45) is 0 Å². The number of piperazine rings is 1. The van der Waals surface area contributed by atoms with Crippen LogP contribution >= 0.6 is 24.8 Å². The van der Waals surface area contributed by atoms with Crippen molar-refractivity contribution in [3.8, 4) is 0 Å². The van der Waals surface area contributed by atoms with Crippen LogP contribution in [0, 0.1) is 0 Å². The molecule has 0 unspecified atom stereocenters. The van der Waals surface area contributed by atoms with Crippen LogP contribution in [0.3, 0.4) is 0 Å². The van der Waals surface area contributed by atoms with Crippen LogP contribution < -0.4 is 10.6 Å². The zero-order valence-electron chi connectivity index (χ0n) is 15.1. The summed E-state index contributed by atoms with van der Waals surface area (Å²) in [6, 6.07) is 19.8. The van der Waals surface area contributed by atoms with Crippen LogP contribution in [0.2, 0.25) is 0 Å². The summed E-state index contributed by atoms with van der Waals surface area (Å²) >= 11 is 0. The Morgan fingerprint density at radius 2 is 1.65 bits per heavy atom. The number of anilines is 1. The van der Waals surface area contributed by atoms with Crippen LogP contribution in [-0.4, -0.2) is 31.1 Å². The van der Waals surface area contributed by atoms with Gasteiger partial charge in [-0.15, -0.1) is 31.4 Å². The van der Waals surface area contributed by atoms with Gasteiger partial charge in [-0.2, -0.15) is 0 Å². The van der Waals surface area contributed by atoms with Gasteiger partial charge in [0.2, 0.25) is 0 Å². The molecule has 0 aromatic heterocycles. The fourth-order valence-corrected chi connectivity index (χ4v) is 3.27. The molecular formula is C21H29Cl2N3. The summed E-state index contributed by atoms with van der Waals surface area (Å²) in [5.74, 6) is 0. The van der Waals surface area contributed by atoms with E-state index in [9.17, 15) is 0 Å². The molecule has 0 amide bonds. The van der Waals surface area contributed by atoms with E-state index in [1.54, 1.807) is 0 Å². The first-order valence-electron chi connectivity index (χ1n) is 8.80. The van der Waals surface area contributed by atoms with Gasteiger partial charge in [0, 0.05) is 44.5 Å². The molecule has 2 aromatic rings. The third kappa shape index (κ3) is 6.33. The van der Waals surface area contributed by atoms with Crippen LogP contribution in [-0.2, 0) is 6.54 Å². The Labute approximate surface area is 169 Å². The maximum atomic E-state index is 3.95.